The summed E-state index contributed by atoms with van der Waals surface area (Å²) in [5.74, 6) is 0. The minimum absolute atomic E-state index is 0.00491. The van der Waals surface area contributed by atoms with Crippen LogP contribution in [-0.2, 0) is 19.4 Å². The van der Waals surface area contributed by atoms with Gasteiger partial charge in [-0.1, -0.05) is 18.5 Å². The standard InChI is InChI=1S/C16H29ClN4/c1-5-12-15(17)13(21(6-2)19-12)11-14(18)16(3,4)20-9-7-8-10-20/h14H,5-11,18H2,1-4H3. The second-order valence-electron chi connectivity index (χ2n) is 6.54. The van der Waals surface area contributed by atoms with Gasteiger partial charge in [-0.25, -0.2) is 0 Å². The maximum absolute atomic E-state index is 6.57. The minimum atomic E-state index is -0.00491. The van der Waals surface area contributed by atoms with E-state index in [2.05, 4.69) is 37.7 Å². The van der Waals surface area contributed by atoms with E-state index >= 15 is 0 Å². The number of hydrogen-bond acceptors (Lipinski definition) is 3. The van der Waals surface area contributed by atoms with Gasteiger partial charge in [0.25, 0.3) is 0 Å². The third-order valence-corrected chi connectivity index (χ3v) is 5.37. The maximum atomic E-state index is 6.57. The van der Waals surface area contributed by atoms with Crippen LogP contribution in [-0.4, -0.2) is 39.4 Å². The molecule has 2 rings (SSSR count). The predicted molar refractivity (Wildman–Crippen MR) is 88.9 cm³/mol. The summed E-state index contributed by atoms with van der Waals surface area (Å²) in [7, 11) is 0. The number of nitrogens with two attached hydrogens (primary N) is 1. The molecule has 0 aliphatic carbocycles. The Morgan fingerprint density at radius 3 is 2.43 bits per heavy atom. The first-order valence-corrected chi connectivity index (χ1v) is 8.54. The van der Waals surface area contributed by atoms with Crippen molar-refractivity contribution in [3.8, 4) is 0 Å². The summed E-state index contributed by atoms with van der Waals surface area (Å²) in [6.07, 6.45) is 4.21. The van der Waals surface area contributed by atoms with E-state index in [1.165, 1.54) is 12.8 Å². The number of likely N-dealkylation sites (tertiary alicyclic amines) is 1. The summed E-state index contributed by atoms with van der Waals surface area (Å²) in [5.41, 5.74) is 8.64. The summed E-state index contributed by atoms with van der Waals surface area (Å²) < 4.78 is 2.01. The van der Waals surface area contributed by atoms with Crippen LogP contribution in [0, 0.1) is 0 Å². The second-order valence-corrected chi connectivity index (χ2v) is 6.91. The molecular weight excluding hydrogens is 284 g/mol. The summed E-state index contributed by atoms with van der Waals surface area (Å²) in [6, 6.07) is 0.0554. The molecule has 1 aliphatic rings. The zero-order valence-corrected chi connectivity index (χ0v) is 14.6. The van der Waals surface area contributed by atoms with E-state index in [-0.39, 0.29) is 11.6 Å². The molecule has 0 amide bonds. The van der Waals surface area contributed by atoms with Crippen molar-refractivity contribution in [3.05, 3.63) is 16.4 Å². The van der Waals surface area contributed by atoms with E-state index in [1.807, 2.05) is 4.68 Å². The monoisotopic (exact) mass is 312 g/mol. The van der Waals surface area contributed by atoms with Crippen LogP contribution >= 0.6 is 11.6 Å². The number of aromatic nitrogens is 2. The van der Waals surface area contributed by atoms with Crippen LogP contribution in [0.2, 0.25) is 5.02 Å². The van der Waals surface area contributed by atoms with E-state index in [9.17, 15) is 0 Å². The van der Waals surface area contributed by atoms with Crippen LogP contribution in [0.5, 0.6) is 0 Å². The highest BCUT2D eigenvalue weighted by Crippen LogP contribution is 2.28. The van der Waals surface area contributed by atoms with Crippen molar-refractivity contribution in [2.45, 2.75) is 71.5 Å². The number of nitrogens with zero attached hydrogens (tertiary/aromatic N) is 3. The van der Waals surface area contributed by atoms with Gasteiger partial charge in [-0.3, -0.25) is 9.58 Å². The first-order valence-electron chi connectivity index (χ1n) is 8.16. The zero-order valence-electron chi connectivity index (χ0n) is 13.8. The molecule has 1 atom stereocenters. The average molecular weight is 313 g/mol. The molecule has 0 bridgehead atoms. The fraction of sp³-hybridized carbons (Fsp3) is 0.812. The molecule has 1 aromatic heterocycles. The first-order chi connectivity index (χ1) is 9.91. The summed E-state index contributed by atoms with van der Waals surface area (Å²) in [5, 5.41) is 5.41. The van der Waals surface area contributed by atoms with E-state index in [0.29, 0.717) is 0 Å². The van der Waals surface area contributed by atoms with Gasteiger partial charge in [-0.2, -0.15) is 5.10 Å². The fourth-order valence-electron chi connectivity index (χ4n) is 3.20. The number of hydrogen-bond donors (Lipinski definition) is 1. The number of rotatable bonds is 6. The third-order valence-electron chi connectivity index (χ3n) is 4.94. The Morgan fingerprint density at radius 2 is 1.90 bits per heavy atom. The Hall–Kier alpha value is -0.580. The van der Waals surface area contributed by atoms with Crippen LogP contribution in [0.4, 0.5) is 0 Å². The minimum Gasteiger partial charge on any atom is -0.326 e. The Bertz CT molecular complexity index is 475. The SMILES string of the molecule is CCc1nn(CC)c(CC(N)C(C)(C)N2CCCC2)c1Cl. The van der Waals surface area contributed by atoms with Crippen molar-refractivity contribution >= 4 is 11.6 Å². The van der Waals surface area contributed by atoms with E-state index < -0.39 is 0 Å². The highest BCUT2D eigenvalue weighted by atomic mass is 35.5. The molecule has 21 heavy (non-hydrogen) atoms. The van der Waals surface area contributed by atoms with Gasteiger partial charge >= 0.3 is 0 Å². The molecule has 5 heteroatoms. The Balaban J connectivity index is 2.18. The van der Waals surface area contributed by atoms with Gasteiger partial charge in [0.2, 0.25) is 0 Å². The molecule has 0 spiro atoms. The summed E-state index contributed by atoms with van der Waals surface area (Å²) in [6.45, 7) is 11.8. The maximum Gasteiger partial charge on any atom is 0.0850 e. The Morgan fingerprint density at radius 1 is 1.29 bits per heavy atom. The van der Waals surface area contributed by atoms with Crippen molar-refractivity contribution in [2.75, 3.05) is 13.1 Å². The van der Waals surface area contributed by atoms with E-state index in [4.69, 9.17) is 17.3 Å². The molecule has 0 aromatic carbocycles. The third kappa shape index (κ3) is 3.27. The first kappa shape index (κ1) is 16.8. The molecule has 4 nitrogen and oxygen atoms in total. The van der Waals surface area contributed by atoms with Crippen molar-refractivity contribution in [1.29, 1.82) is 0 Å². The smallest absolute Gasteiger partial charge is 0.0850 e. The lowest BCUT2D eigenvalue weighted by Gasteiger charge is -2.40. The van der Waals surface area contributed by atoms with Crippen molar-refractivity contribution in [1.82, 2.24) is 14.7 Å². The highest BCUT2D eigenvalue weighted by molar-refractivity contribution is 6.31. The second kappa shape index (κ2) is 6.67. The van der Waals surface area contributed by atoms with Gasteiger partial charge in [0.15, 0.2) is 0 Å². The van der Waals surface area contributed by atoms with Crippen molar-refractivity contribution < 1.29 is 0 Å². The molecule has 2 heterocycles. The summed E-state index contributed by atoms with van der Waals surface area (Å²) >= 11 is 6.51. The normalized spacial score (nSPS) is 18.4. The van der Waals surface area contributed by atoms with Crippen molar-refractivity contribution in [3.63, 3.8) is 0 Å². The molecule has 1 saturated heterocycles. The van der Waals surface area contributed by atoms with Crippen LogP contribution in [0.15, 0.2) is 0 Å². The van der Waals surface area contributed by atoms with Crippen LogP contribution in [0.1, 0.15) is 51.9 Å². The number of aryl methyl sites for hydroxylation is 2. The molecule has 1 aliphatic heterocycles. The van der Waals surface area contributed by atoms with Gasteiger partial charge in [0.1, 0.15) is 0 Å². The molecule has 2 N–H and O–H groups in total. The Labute approximate surface area is 133 Å². The van der Waals surface area contributed by atoms with Gasteiger partial charge in [0.05, 0.1) is 16.4 Å². The van der Waals surface area contributed by atoms with E-state index in [0.717, 1.165) is 48.9 Å². The van der Waals surface area contributed by atoms with Crippen LogP contribution < -0.4 is 5.73 Å². The summed E-state index contributed by atoms with van der Waals surface area (Å²) in [4.78, 5) is 2.51. The molecule has 1 unspecified atom stereocenters. The molecule has 0 radical (unpaired) electrons. The van der Waals surface area contributed by atoms with Crippen LogP contribution in [0.25, 0.3) is 0 Å². The Kier molecular flexibility index (Phi) is 5.33. The molecule has 1 aromatic rings. The lowest BCUT2D eigenvalue weighted by molar-refractivity contribution is 0.122. The molecule has 1 fully saturated rings. The van der Waals surface area contributed by atoms with Gasteiger partial charge < -0.3 is 5.73 Å². The topological polar surface area (TPSA) is 47.1 Å². The average Bonchev–Trinajstić information content (AvgIpc) is 3.08. The molecular formula is C16H29ClN4. The zero-order chi connectivity index (χ0) is 15.6. The van der Waals surface area contributed by atoms with Crippen molar-refractivity contribution in [2.24, 2.45) is 5.73 Å². The quantitative estimate of drug-likeness (QED) is 0.878. The lowest BCUT2D eigenvalue weighted by atomic mass is 9.89. The van der Waals surface area contributed by atoms with Gasteiger partial charge in [-0.05, 0) is 53.1 Å². The highest BCUT2D eigenvalue weighted by Gasteiger charge is 2.35. The van der Waals surface area contributed by atoms with E-state index in [1.54, 1.807) is 0 Å². The van der Waals surface area contributed by atoms with Gasteiger partial charge in [0, 0.05) is 24.5 Å². The molecule has 0 saturated carbocycles. The lowest BCUT2D eigenvalue weighted by Crippen LogP contribution is -2.56. The van der Waals surface area contributed by atoms with Gasteiger partial charge in [-0.15, -0.1) is 0 Å². The molecule has 120 valence electrons. The fourth-order valence-corrected chi connectivity index (χ4v) is 3.54. The predicted octanol–water partition coefficient (Wildman–Crippen LogP) is 2.86. The van der Waals surface area contributed by atoms with Crippen LogP contribution in [0.3, 0.4) is 0 Å². The largest absolute Gasteiger partial charge is 0.326 e. The number of halogens is 1.